The van der Waals surface area contributed by atoms with Crippen molar-refractivity contribution in [2.75, 3.05) is 13.2 Å². The first kappa shape index (κ1) is 12.9. The van der Waals surface area contributed by atoms with Crippen molar-refractivity contribution in [3.63, 3.8) is 0 Å². The third-order valence-corrected chi connectivity index (χ3v) is 3.81. The van der Waals surface area contributed by atoms with E-state index in [0.29, 0.717) is 13.2 Å². The third kappa shape index (κ3) is 2.59. The van der Waals surface area contributed by atoms with Crippen LogP contribution in [0.2, 0.25) is 0 Å². The molecule has 0 bridgehead atoms. The van der Waals surface area contributed by atoms with Crippen LogP contribution in [0.25, 0.3) is 16.3 Å². The lowest BCUT2D eigenvalue weighted by Gasteiger charge is -2.09. The van der Waals surface area contributed by atoms with E-state index in [4.69, 9.17) is 10.5 Å². The van der Waals surface area contributed by atoms with Crippen LogP contribution in [0.4, 0.5) is 0 Å². The normalized spacial score (nSPS) is 10.7. The second kappa shape index (κ2) is 5.90. The molecular formula is C15H15N3OS. The fourth-order valence-corrected chi connectivity index (χ4v) is 2.72. The number of nitrogens with two attached hydrogens (primary N) is 1. The maximum atomic E-state index is 5.48. The molecule has 0 aliphatic carbocycles. The summed E-state index contributed by atoms with van der Waals surface area (Å²) < 4.78 is 7.55. The Bertz CT molecular complexity index is 659. The number of hydrogen-bond donors (Lipinski definition) is 1. The number of aromatic nitrogens is 2. The molecule has 2 N–H and O–H groups in total. The lowest BCUT2D eigenvalue weighted by atomic mass is 10.3. The SMILES string of the molecule is NCCOc1ccc(-n2cncc2-c2cccs2)cc1. The van der Waals surface area contributed by atoms with Crippen LogP contribution < -0.4 is 10.5 Å². The molecule has 4 nitrogen and oxygen atoms in total. The van der Waals surface area contributed by atoms with Gasteiger partial charge in [-0.25, -0.2) is 4.98 Å². The summed E-state index contributed by atoms with van der Waals surface area (Å²) in [6, 6.07) is 12.1. The molecule has 0 aliphatic heterocycles. The van der Waals surface area contributed by atoms with Crippen molar-refractivity contribution in [1.29, 1.82) is 0 Å². The van der Waals surface area contributed by atoms with Crippen molar-refractivity contribution < 1.29 is 4.74 Å². The molecule has 0 amide bonds. The van der Waals surface area contributed by atoms with Crippen LogP contribution in [0.1, 0.15) is 0 Å². The van der Waals surface area contributed by atoms with E-state index >= 15 is 0 Å². The van der Waals surface area contributed by atoms with Crippen molar-refractivity contribution in [3.8, 4) is 22.0 Å². The Morgan fingerprint density at radius 1 is 1.20 bits per heavy atom. The van der Waals surface area contributed by atoms with Crippen LogP contribution in [-0.4, -0.2) is 22.7 Å². The second-order valence-corrected chi connectivity index (χ2v) is 5.20. The summed E-state index contributed by atoms with van der Waals surface area (Å²) in [5.41, 5.74) is 7.58. The number of thiophene rings is 1. The van der Waals surface area contributed by atoms with E-state index in [9.17, 15) is 0 Å². The molecule has 0 saturated carbocycles. The molecule has 0 radical (unpaired) electrons. The Morgan fingerprint density at radius 3 is 2.75 bits per heavy atom. The molecule has 0 saturated heterocycles. The Balaban J connectivity index is 1.88. The Kier molecular flexibility index (Phi) is 3.80. The lowest BCUT2D eigenvalue weighted by Crippen LogP contribution is -2.10. The van der Waals surface area contributed by atoms with Gasteiger partial charge in [-0.1, -0.05) is 6.07 Å². The summed E-state index contributed by atoms with van der Waals surface area (Å²) >= 11 is 1.70. The van der Waals surface area contributed by atoms with Crippen LogP contribution in [0.5, 0.6) is 5.75 Å². The smallest absolute Gasteiger partial charge is 0.119 e. The van der Waals surface area contributed by atoms with E-state index in [-0.39, 0.29) is 0 Å². The molecule has 3 rings (SSSR count). The van der Waals surface area contributed by atoms with Gasteiger partial charge in [0.15, 0.2) is 0 Å². The van der Waals surface area contributed by atoms with Crippen molar-refractivity contribution in [2.45, 2.75) is 0 Å². The van der Waals surface area contributed by atoms with E-state index in [1.807, 2.05) is 42.9 Å². The van der Waals surface area contributed by atoms with Gasteiger partial charge in [0.25, 0.3) is 0 Å². The Hall–Kier alpha value is -2.11. The number of imidazole rings is 1. The highest BCUT2D eigenvalue weighted by atomic mass is 32.1. The highest BCUT2D eigenvalue weighted by Crippen LogP contribution is 2.27. The minimum absolute atomic E-state index is 0.520. The topological polar surface area (TPSA) is 53.1 Å². The fourth-order valence-electron chi connectivity index (χ4n) is 1.99. The number of nitrogens with zero attached hydrogens (tertiary/aromatic N) is 2. The minimum Gasteiger partial charge on any atom is -0.492 e. The van der Waals surface area contributed by atoms with E-state index in [0.717, 1.165) is 17.1 Å². The number of hydrogen-bond acceptors (Lipinski definition) is 4. The zero-order valence-corrected chi connectivity index (χ0v) is 11.7. The minimum atomic E-state index is 0.520. The molecule has 102 valence electrons. The molecule has 0 fully saturated rings. The molecule has 2 aromatic heterocycles. The monoisotopic (exact) mass is 285 g/mol. The summed E-state index contributed by atoms with van der Waals surface area (Å²) in [5.74, 6) is 0.831. The quantitative estimate of drug-likeness (QED) is 0.784. The van der Waals surface area contributed by atoms with Crippen LogP contribution in [-0.2, 0) is 0 Å². The van der Waals surface area contributed by atoms with Gasteiger partial charge in [-0.2, -0.15) is 0 Å². The van der Waals surface area contributed by atoms with Crippen molar-refractivity contribution in [1.82, 2.24) is 9.55 Å². The molecule has 1 aromatic carbocycles. The van der Waals surface area contributed by atoms with Gasteiger partial charge in [0, 0.05) is 12.2 Å². The van der Waals surface area contributed by atoms with Crippen molar-refractivity contribution in [3.05, 3.63) is 54.3 Å². The van der Waals surface area contributed by atoms with Gasteiger partial charge >= 0.3 is 0 Å². The van der Waals surface area contributed by atoms with Crippen molar-refractivity contribution >= 4 is 11.3 Å². The summed E-state index contributed by atoms with van der Waals surface area (Å²) in [6.07, 6.45) is 3.70. The summed E-state index contributed by atoms with van der Waals surface area (Å²) in [4.78, 5) is 5.45. The predicted octanol–water partition coefficient (Wildman–Crippen LogP) is 2.94. The first-order valence-electron chi connectivity index (χ1n) is 6.38. The highest BCUT2D eigenvalue weighted by molar-refractivity contribution is 7.13. The van der Waals surface area contributed by atoms with Gasteiger partial charge in [-0.15, -0.1) is 11.3 Å². The Labute approximate surface area is 121 Å². The second-order valence-electron chi connectivity index (χ2n) is 4.26. The Morgan fingerprint density at radius 2 is 2.05 bits per heavy atom. The van der Waals surface area contributed by atoms with Crippen LogP contribution in [0.15, 0.2) is 54.3 Å². The van der Waals surface area contributed by atoms with Gasteiger partial charge in [0.1, 0.15) is 12.4 Å². The average Bonchev–Trinajstić information content (AvgIpc) is 3.15. The zero-order chi connectivity index (χ0) is 13.8. The first-order valence-corrected chi connectivity index (χ1v) is 7.26. The standard InChI is InChI=1S/C15H15N3OS/c16-7-8-19-13-5-3-12(4-6-13)18-11-17-10-14(18)15-2-1-9-20-15/h1-6,9-11H,7-8,16H2. The van der Waals surface area contributed by atoms with Crippen LogP contribution >= 0.6 is 11.3 Å². The third-order valence-electron chi connectivity index (χ3n) is 2.91. The molecule has 20 heavy (non-hydrogen) atoms. The maximum Gasteiger partial charge on any atom is 0.119 e. The predicted molar refractivity (Wildman–Crippen MR) is 81.4 cm³/mol. The largest absolute Gasteiger partial charge is 0.492 e. The van der Waals surface area contributed by atoms with E-state index in [1.165, 1.54) is 4.88 Å². The lowest BCUT2D eigenvalue weighted by molar-refractivity contribution is 0.328. The van der Waals surface area contributed by atoms with Gasteiger partial charge in [0.05, 0.1) is 23.1 Å². The molecule has 0 aliphatic rings. The number of benzene rings is 1. The molecular weight excluding hydrogens is 270 g/mol. The van der Waals surface area contributed by atoms with Gasteiger partial charge in [-0.3, -0.25) is 4.57 Å². The molecule has 0 unspecified atom stereocenters. The molecule has 0 atom stereocenters. The number of ether oxygens (including phenoxy) is 1. The fraction of sp³-hybridized carbons (Fsp3) is 0.133. The van der Waals surface area contributed by atoms with E-state index in [1.54, 1.807) is 11.3 Å². The average molecular weight is 285 g/mol. The summed E-state index contributed by atoms with van der Waals surface area (Å²) in [6.45, 7) is 1.05. The van der Waals surface area contributed by atoms with Gasteiger partial charge < -0.3 is 10.5 Å². The zero-order valence-electron chi connectivity index (χ0n) is 10.9. The van der Waals surface area contributed by atoms with Gasteiger partial charge in [-0.05, 0) is 35.7 Å². The van der Waals surface area contributed by atoms with Gasteiger partial charge in [0.2, 0.25) is 0 Å². The number of rotatable bonds is 5. The van der Waals surface area contributed by atoms with Crippen molar-refractivity contribution in [2.24, 2.45) is 5.73 Å². The highest BCUT2D eigenvalue weighted by Gasteiger charge is 2.07. The van der Waals surface area contributed by atoms with E-state index < -0.39 is 0 Å². The van der Waals surface area contributed by atoms with E-state index in [2.05, 4.69) is 21.0 Å². The molecule has 2 heterocycles. The summed E-state index contributed by atoms with van der Waals surface area (Å²) in [5, 5.41) is 2.07. The first-order chi connectivity index (χ1) is 9.88. The summed E-state index contributed by atoms with van der Waals surface area (Å²) in [7, 11) is 0. The molecule has 3 aromatic rings. The molecule has 5 heteroatoms. The molecule has 0 spiro atoms. The van der Waals surface area contributed by atoms with Crippen LogP contribution in [0.3, 0.4) is 0 Å². The van der Waals surface area contributed by atoms with Crippen LogP contribution in [0, 0.1) is 0 Å². The maximum absolute atomic E-state index is 5.48.